The summed E-state index contributed by atoms with van der Waals surface area (Å²) in [7, 11) is 3.44. The summed E-state index contributed by atoms with van der Waals surface area (Å²) >= 11 is 0. The van der Waals surface area contributed by atoms with Crippen LogP contribution in [0.5, 0.6) is 0 Å². The zero-order valence-electron chi connectivity index (χ0n) is 6.54. The van der Waals surface area contributed by atoms with Gasteiger partial charge in [-0.05, 0) is 0 Å². The normalized spacial score (nSPS) is 10.8. The summed E-state index contributed by atoms with van der Waals surface area (Å²) in [4.78, 5) is 5.00. The summed E-state index contributed by atoms with van der Waals surface area (Å²) in [5.74, 6) is 0. The predicted octanol–water partition coefficient (Wildman–Crippen LogP) is -0.511. The molecule has 1 N–H and O–H groups in total. The molecule has 4 heteroatoms. The average Bonchev–Trinajstić information content (AvgIpc) is 1.97. The van der Waals surface area contributed by atoms with Gasteiger partial charge in [0.15, 0.2) is 0 Å². The van der Waals surface area contributed by atoms with Crippen molar-refractivity contribution in [2.75, 3.05) is 40.5 Å². The van der Waals surface area contributed by atoms with E-state index in [1.54, 1.807) is 19.2 Å². The lowest BCUT2D eigenvalue weighted by molar-refractivity contribution is -0.153. The Morgan fingerprint density at radius 1 is 1.40 bits per heavy atom. The fourth-order valence-corrected chi connectivity index (χ4v) is 0.481. The van der Waals surface area contributed by atoms with Gasteiger partial charge in [-0.15, -0.1) is 0 Å². The molecule has 0 atom stereocenters. The number of likely N-dealkylation sites (N-methyl/N-ethyl adjacent to an activating group) is 1. The SMILES string of the molecule is COCCN(C)OCCO. The van der Waals surface area contributed by atoms with E-state index in [0.717, 1.165) is 6.54 Å². The molecule has 0 aliphatic rings. The molecule has 0 aromatic carbocycles. The monoisotopic (exact) mass is 149 g/mol. The molecule has 4 nitrogen and oxygen atoms in total. The molecule has 0 aliphatic carbocycles. The van der Waals surface area contributed by atoms with Gasteiger partial charge in [-0.2, -0.15) is 5.06 Å². The van der Waals surface area contributed by atoms with Crippen LogP contribution in [0.4, 0.5) is 0 Å². The van der Waals surface area contributed by atoms with Crippen molar-refractivity contribution in [1.82, 2.24) is 5.06 Å². The van der Waals surface area contributed by atoms with Gasteiger partial charge in [0.2, 0.25) is 0 Å². The highest BCUT2D eigenvalue weighted by Gasteiger charge is 1.94. The number of ether oxygens (including phenoxy) is 1. The van der Waals surface area contributed by atoms with E-state index >= 15 is 0 Å². The van der Waals surface area contributed by atoms with Gasteiger partial charge in [-0.1, -0.05) is 0 Å². The van der Waals surface area contributed by atoms with E-state index in [9.17, 15) is 0 Å². The van der Waals surface area contributed by atoms with Crippen molar-refractivity contribution in [2.45, 2.75) is 0 Å². The van der Waals surface area contributed by atoms with Gasteiger partial charge < -0.3 is 9.84 Å². The van der Waals surface area contributed by atoms with E-state index in [1.807, 2.05) is 0 Å². The second-order valence-corrected chi connectivity index (χ2v) is 1.90. The Hall–Kier alpha value is -0.160. The Morgan fingerprint density at radius 3 is 2.60 bits per heavy atom. The molecule has 0 radical (unpaired) electrons. The van der Waals surface area contributed by atoms with E-state index in [1.165, 1.54) is 0 Å². The number of nitrogens with zero attached hydrogens (tertiary/aromatic N) is 1. The van der Waals surface area contributed by atoms with Crippen LogP contribution in [0, 0.1) is 0 Å². The number of aliphatic hydroxyl groups excluding tert-OH is 1. The highest BCUT2D eigenvalue weighted by Crippen LogP contribution is 1.83. The summed E-state index contributed by atoms with van der Waals surface area (Å²) in [6.07, 6.45) is 0. The second-order valence-electron chi connectivity index (χ2n) is 1.90. The Kier molecular flexibility index (Phi) is 6.84. The van der Waals surface area contributed by atoms with Crippen LogP contribution >= 0.6 is 0 Å². The minimum Gasteiger partial charge on any atom is -0.394 e. The van der Waals surface area contributed by atoms with Gasteiger partial charge in [0.1, 0.15) is 0 Å². The fourth-order valence-electron chi connectivity index (χ4n) is 0.481. The number of hydrogen-bond donors (Lipinski definition) is 1. The number of rotatable bonds is 6. The first-order valence-corrected chi connectivity index (χ1v) is 3.25. The zero-order valence-corrected chi connectivity index (χ0v) is 6.54. The molecule has 0 bridgehead atoms. The molecule has 0 saturated heterocycles. The maximum atomic E-state index is 8.36. The molecule has 10 heavy (non-hydrogen) atoms. The van der Waals surface area contributed by atoms with Crippen LogP contribution in [0.3, 0.4) is 0 Å². The van der Waals surface area contributed by atoms with Crippen molar-refractivity contribution >= 4 is 0 Å². The Morgan fingerprint density at radius 2 is 2.10 bits per heavy atom. The van der Waals surface area contributed by atoms with Crippen LogP contribution in [0.2, 0.25) is 0 Å². The van der Waals surface area contributed by atoms with E-state index in [2.05, 4.69) is 0 Å². The predicted molar refractivity (Wildman–Crippen MR) is 37.5 cm³/mol. The van der Waals surface area contributed by atoms with Gasteiger partial charge in [0.05, 0.1) is 19.8 Å². The van der Waals surface area contributed by atoms with E-state index < -0.39 is 0 Å². The van der Waals surface area contributed by atoms with Gasteiger partial charge in [-0.3, -0.25) is 4.84 Å². The highest BCUT2D eigenvalue weighted by atomic mass is 16.7. The van der Waals surface area contributed by atoms with Gasteiger partial charge >= 0.3 is 0 Å². The molecule has 0 aromatic rings. The van der Waals surface area contributed by atoms with Crippen molar-refractivity contribution in [3.05, 3.63) is 0 Å². The first-order chi connectivity index (χ1) is 4.81. The number of aliphatic hydroxyl groups is 1. The molecular weight excluding hydrogens is 134 g/mol. The topological polar surface area (TPSA) is 41.9 Å². The molecule has 0 saturated carbocycles. The molecule has 0 aliphatic heterocycles. The van der Waals surface area contributed by atoms with Gasteiger partial charge in [0, 0.05) is 20.7 Å². The van der Waals surface area contributed by atoms with Crippen molar-refractivity contribution in [1.29, 1.82) is 0 Å². The van der Waals surface area contributed by atoms with Gasteiger partial charge in [-0.25, -0.2) is 0 Å². The molecule has 0 aromatic heterocycles. The minimum absolute atomic E-state index is 0.0529. The third-order valence-electron chi connectivity index (χ3n) is 1.01. The molecular formula is C6H15NO3. The summed E-state index contributed by atoms with van der Waals surface area (Å²) < 4.78 is 4.81. The first kappa shape index (κ1) is 9.84. The molecule has 0 amide bonds. The maximum absolute atomic E-state index is 8.36. The quantitative estimate of drug-likeness (QED) is 0.516. The zero-order chi connectivity index (χ0) is 7.82. The Labute approximate surface area is 61.3 Å². The smallest absolute Gasteiger partial charge is 0.0916 e. The van der Waals surface area contributed by atoms with Crippen LogP contribution in [-0.2, 0) is 9.57 Å². The van der Waals surface area contributed by atoms with E-state index in [0.29, 0.717) is 13.2 Å². The summed E-state index contributed by atoms with van der Waals surface area (Å²) in [5, 5.41) is 10.00. The summed E-state index contributed by atoms with van der Waals surface area (Å²) in [5.41, 5.74) is 0. The fraction of sp³-hybridized carbons (Fsp3) is 1.00. The molecule has 62 valence electrons. The Balaban J connectivity index is 3.00. The third-order valence-corrected chi connectivity index (χ3v) is 1.01. The standard InChI is InChI=1S/C6H15NO3/c1-7(3-5-9-2)10-6-4-8/h8H,3-6H2,1-2H3. The summed E-state index contributed by atoms with van der Waals surface area (Å²) in [6.45, 7) is 1.76. The van der Waals surface area contributed by atoms with Crippen molar-refractivity contribution in [3.63, 3.8) is 0 Å². The van der Waals surface area contributed by atoms with Crippen LogP contribution in [0.15, 0.2) is 0 Å². The Bertz CT molecular complexity index is 62.0. The lowest BCUT2D eigenvalue weighted by Crippen LogP contribution is -2.24. The third kappa shape index (κ3) is 5.97. The van der Waals surface area contributed by atoms with Crippen molar-refractivity contribution < 1.29 is 14.7 Å². The lowest BCUT2D eigenvalue weighted by Gasteiger charge is -2.14. The maximum Gasteiger partial charge on any atom is 0.0916 e. The van der Waals surface area contributed by atoms with Crippen LogP contribution in [-0.4, -0.2) is 50.7 Å². The molecule has 0 spiro atoms. The van der Waals surface area contributed by atoms with Crippen LogP contribution < -0.4 is 0 Å². The largest absolute Gasteiger partial charge is 0.394 e. The second kappa shape index (κ2) is 6.95. The molecule has 0 heterocycles. The molecule has 0 unspecified atom stereocenters. The van der Waals surface area contributed by atoms with Crippen molar-refractivity contribution in [2.24, 2.45) is 0 Å². The van der Waals surface area contributed by atoms with Crippen molar-refractivity contribution in [3.8, 4) is 0 Å². The van der Waals surface area contributed by atoms with Crippen LogP contribution in [0.25, 0.3) is 0 Å². The number of hydroxylamine groups is 2. The molecule has 0 rings (SSSR count). The minimum atomic E-state index is 0.0529. The van der Waals surface area contributed by atoms with E-state index in [-0.39, 0.29) is 6.61 Å². The van der Waals surface area contributed by atoms with E-state index in [4.69, 9.17) is 14.7 Å². The molecule has 0 fully saturated rings. The lowest BCUT2D eigenvalue weighted by atomic mass is 10.7. The highest BCUT2D eigenvalue weighted by molar-refractivity contribution is 4.33. The van der Waals surface area contributed by atoms with Crippen LogP contribution in [0.1, 0.15) is 0 Å². The van der Waals surface area contributed by atoms with Gasteiger partial charge in [0.25, 0.3) is 0 Å². The summed E-state index contributed by atoms with van der Waals surface area (Å²) in [6, 6.07) is 0. The average molecular weight is 149 g/mol. The number of hydrogen-bond acceptors (Lipinski definition) is 4. The first-order valence-electron chi connectivity index (χ1n) is 3.25. The number of methoxy groups -OCH3 is 1.